The van der Waals surface area contributed by atoms with E-state index >= 15 is 0 Å². The van der Waals surface area contributed by atoms with Crippen molar-refractivity contribution in [1.29, 1.82) is 0 Å². The number of nitrogens with one attached hydrogen (secondary N) is 2. The van der Waals surface area contributed by atoms with Crippen LogP contribution in [-0.4, -0.2) is 51.6 Å². The number of nitrogens with zero attached hydrogens (tertiary/aromatic N) is 2. The fourth-order valence-corrected chi connectivity index (χ4v) is 4.97. The van der Waals surface area contributed by atoms with E-state index in [4.69, 9.17) is 11.6 Å². The molecule has 7 nitrogen and oxygen atoms in total. The van der Waals surface area contributed by atoms with Crippen LogP contribution in [0.1, 0.15) is 5.56 Å². The average Bonchev–Trinajstić information content (AvgIpc) is 2.72. The highest BCUT2D eigenvalue weighted by Gasteiger charge is 2.38. The Morgan fingerprint density at radius 1 is 1.03 bits per heavy atom. The Morgan fingerprint density at radius 2 is 1.68 bits per heavy atom. The summed E-state index contributed by atoms with van der Waals surface area (Å²) in [7, 11) is -4.15. The molecule has 1 atom stereocenters. The predicted octanol–water partition coefficient (Wildman–Crippen LogP) is 2.74. The zero-order chi connectivity index (χ0) is 22.4. The van der Waals surface area contributed by atoms with Gasteiger partial charge in [-0.3, -0.25) is 4.79 Å². The van der Waals surface area contributed by atoms with Gasteiger partial charge in [-0.2, -0.15) is 17.9 Å². The maximum Gasteiger partial charge on any atom is 0.416 e. The Balaban J connectivity index is 1.48. The van der Waals surface area contributed by atoms with E-state index in [2.05, 4.69) is 14.9 Å². The molecule has 1 fully saturated rings. The molecule has 2 heterocycles. The van der Waals surface area contributed by atoms with Crippen molar-refractivity contribution in [2.45, 2.75) is 17.2 Å². The maximum atomic E-state index is 13.0. The number of amides is 1. The quantitative estimate of drug-likeness (QED) is 0.699. The minimum atomic E-state index is -4.64. The van der Waals surface area contributed by atoms with Crippen LogP contribution in [0.4, 0.5) is 24.5 Å². The van der Waals surface area contributed by atoms with Gasteiger partial charge in [0, 0.05) is 36.9 Å². The molecule has 0 spiro atoms. The number of anilines is 2. The SMILES string of the molecule is O=C(C1Nc2cc(C(F)(F)F)ccc2S(=O)(=O)N1)N1CCN(c2ccc(Cl)cc2)CC1. The summed E-state index contributed by atoms with van der Waals surface area (Å²) in [4.78, 5) is 16.1. The van der Waals surface area contributed by atoms with E-state index in [0.717, 1.165) is 11.8 Å². The zero-order valence-corrected chi connectivity index (χ0v) is 17.6. The number of fused-ring (bicyclic) bond motifs is 1. The number of alkyl halides is 3. The van der Waals surface area contributed by atoms with Crippen LogP contribution in [0.25, 0.3) is 0 Å². The van der Waals surface area contributed by atoms with Crippen molar-refractivity contribution in [3.8, 4) is 0 Å². The number of halogens is 4. The van der Waals surface area contributed by atoms with Gasteiger partial charge < -0.3 is 15.1 Å². The second-order valence-corrected chi connectivity index (χ2v) is 9.31. The van der Waals surface area contributed by atoms with Gasteiger partial charge in [0.2, 0.25) is 10.0 Å². The van der Waals surface area contributed by atoms with Gasteiger partial charge in [-0.25, -0.2) is 8.42 Å². The number of carbonyl (C=O) groups is 1. The first-order valence-corrected chi connectivity index (χ1v) is 11.2. The molecular formula is C19H18ClF3N4O3S. The van der Waals surface area contributed by atoms with Crippen LogP contribution >= 0.6 is 11.6 Å². The molecule has 0 aliphatic carbocycles. The summed E-state index contributed by atoms with van der Waals surface area (Å²) in [5.74, 6) is -0.553. The molecule has 166 valence electrons. The number of hydrogen-bond acceptors (Lipinski definition) is 5. The molecule has 2 aromatic rings. The highest BCUT2D eigenvalue weighted by atomic mass is 35.5. The topological polar surface area (TPSA) is 81.7 Å². The molecule has 12 heteroatoms. The Hall–Kier alpha value is -2.50. The minimum Gasteiger partial charge on any atom is -0.368 e. The van der Waals surface area contributed by atoms with Crippen molar-refractivity contribution < 1.29 is 26.4 Å². The van der Waals surface area contributed by atoms with E-state index in [0.29, 0.717) is 43.3 Å². The lowest BCUT2D eigenvalue weighted by Gasteiger charge is -2.38. The highest BCUT2D eigenvalue weighted by molar-refractivity contribution is 7.89. The molecule has 1 unspecified atom stereocenters. The van der Waals surface area contributed by atoms with Crippen molar-refractivity contribution in [2.75, 3.05) is 36.4 Å². The molecule has 2 N–H and O–H groups in total. The summed E-state index contributed by atoms with van der Waals surface area (Å²) in [5.41, 5.74) is -0.313. The third kappa shape index (κ3) is 4.43. The molecule has 4 rings (SSSR count). The minimum absolute atomic E-state index is 0.258. The lowest BCUT2D eigenvalue weighted by molar-refractivity contribution is -0.137. The third-order valence-corrected chi connectivity index (χ3v) is 6.93. The molecule has 31 heavy (non-hydrogen) atoms. The van der Waals surface area contributed by atoms with Gasteiger partial charge in [0.15, 0.2) is 6.17 Å². The van der Waals surface area contributed by atoms with Crippen LogP contribution in [0.2, 0.25) is 5.02 Å². The van der Waals surface area contributed by atoms with Crippen LogP contribution in [-0.2, 0) is 21.0 Å². The first-order chi connectivity index (χ1) is 14.5. The van der Waals surface area contributed by atoms with Crippen molar-refractivity contribution in [3.05, 3.63) is 53.1 Å². The standard InChI is InChI=1S/C19H18ClF3N4O3S/c20-13-2-4-14(5-3-13)26-7-9-27(10-8-26)18(28)17-24-15-11-12(19(21,22)23)1-6-16(15)31(29,30)25-17/h1-6,11,17,24-25H,7-10H2. The van der Waals surface area contributed by atoms with E-state index in [1.165, 1.54) is 4.90 Å². The van der Waals surface area contributed by atoms with Gasteiger partial charge in [-0.1, -0.05) is 11.6 Å². The summed E-state index contributed by atoms with van der Waals surface area (Å²) in [5, 5.41) is 3.21. The molecule has 2 aliphatic rings. The van der Waals surface area contributed by atoms with Gasteiger partial charge in [-0.05, 0) is 42.5 Å². The van der Waals surface area contributed by atoms with Crippen LogP contribution in [0.3, 0.4) is 0 Å². The predicted molar refractivity (Wildman–Crippen MR) is 109 cm³/mol. The summed E-state index contributed by atoms with van der Waals surface area (Å²) in [6, 6.07) is 9.53. The molecule has 0 aromatic heterocycles. The highest BCUT2D eigenvalue weighted by Crippen LogP contribution is 2.35. The Kier molecular flexibility index (Phi) is 5.52. The van der Waals surface area contributed by atoms with Crippen LogP contribution in [0.5, 0.6) is 0 Å². The molecule has 0 bridgehead atoms. The molecule has 0 saturated carbocycles. The number of rotatable bonds is 2. The van der Waals surface area contributed by atoms with E-state index in [9.17, 15) is 26.4 Å². The first-order valence-electron chi connectivity index (χ1n) is 9.34. The molecule has 2 aliphatic heterocycles. The van der Waals surface area contributed by atoms with E-state index in [-0.39, 0.29) is 10.6 Å². The first kappa shape index (κ1) is 21.7. The molecular weight excluding hydrogens is 457 g/mol. The average molecular weight is 475 g/mol. The van der Waals surface area contributed by atoms with Crippen molar-refractivity contribution in [3.63, 3.8) is 0 Å². The van der Waals surface area contributed by atoms with Crippen molar-refractivity contribution in [1.82, 2.24) is 9.62 Å². The van der Waals surface area contributed by atoms with Crippen LogP contribution in [0.15, 0.2) is 47.4 Å². The fraction of sp³-hybridized carbons (Fsp3) is 0.316. The van der Waals surface area contributed by atoms with Gasteiger partial charge in [-0.15, -0.1) is 0 Å². The number of benzene rings is 2. The second-order valence-electron chi connectivity index (χ2n) is 7.20. The number of sulfonamides is 1. The molecule has 2 aromatic carbocycles. The molecule has 0 radical (unpaired) electrons. The largest absolute Gasteiger partial charge is 0.416 e. The van der Waals surface area contributed by atoms with Gasteiger partial charge in [0.05, 0.1) is 11.3 Å². The summed E-state index contributed by atoms with van der Waals surface area (Å²) in [6.45, 7) is 1.69. The Morgan fingerprint density at radius 3 is 2.29 bits per heavy atom. The second kappa shape index (κ2) is 7.88. The maximum absolute atomic E-state index is 13.0. The molecule has 1 saturated heterocycles. The monoisotopic (exact) mass is 474 g/mol. The van der Waals surface area contributed by atoms with Gasteiger partial charge in [0.1, 0.15) is 4.90 Å². The van der Waals surface area contributed by atoms with Crippen LogP contribution in [0, 0.1) is 0 Å². The zero-order valence-electron chi connectivity index (χ0n) is 16.0. The summed E-state index contributed by atoms with van der Waals surface area (Å²) >= 11 is 5.90. The lowest BCUT2D eigenvalue weighted by atomic mass is 10.2. The van der Waals surface area contributed by atoms with Gasteiger partial charge >= 0.3 is 6.18 Å². The number of piperazine rings is 1. The van der Waals surface area contributed by atoms with Crippen LogP contribution < -0.4 is 14.9 Å². The fourth-order valence-electron chi connectivity index (χ4n) is 3.59. The smallest absolute Gasteiger partial charge is 0.368 e. The molecule has 1 amide bonds. The van der Waals surface area contributed by atoms with Crippen molar-refractivity contribution in [2.24, 2.45) is 0 Å². The normalized spacial score (nSPS) is 20.7. The Bertz CT molecular complexity index is 1100. The summed E-state index contributed by atoms with van der Waals surface area (Å²) in [6.07, 6.45) is -6.02. The lowest BCUT2D eigenvalue weighted by Crippen LogP contribution is -2.58. The third-order valence-electron chi connectivity index (χ3n) is 5.20. The van der Waals surface area contributed by atoms with E-state index < -0.39 is 33.8 Å². The van der Waals surface area contributed by atoms with E-state index in [1.807, 2.05) is 12.1 Å². The Labute approximate surface area is 181 Å². The number of carbonyl (C=O) groups excluding carboxylic acids is 1. The van der Waals surface area contributed by atoms with Gasteiger partial charge in [0.25, 0.3) is 5.91 Å². The van der Waals surface area contributed by atoms with Crippen molar-refractivity contribution >= 4 is 38.9 Å². The van der Waals surface area contributed by atoms with E-state index in [1.54, 1.807) is 12.1 Å². The number of hydrogen-bond donors (Lipinski definition) is 2. The summed E-state index contributed by atoms with van der Waals surface area (Å²) < 4.78 is 66.2.